The van der Waals surface area contributed by atoms with Gasteiger partial charge in [-0.3, -0.25) is 19.4 Å². The van der Waals surface area contributed by atoms with Crippen LogP contribution in [0.5, 0.6) is 0 Å². The summed E-state index contributed by atoms with van der Waals surface area (Å²) in [6.07, 6.45) is 3.31. The smallest absolute Gasteiger partial charge is 0.261 e. The highest BCUT2D eigenvalue weighted by atomic mass is 33.1. The van der Waals surface area contributed by atoms with Crippen LogP contribution in [0.4, 0.5) is 22.7 Å². The Morgan fingerprint density at radius 3 is 1.21 bits per heavy atom. The van der Waals surface area contributed by atoms with Crippen molar-refractivity contribution in [1.29, 1.82) is 0 Å². The maximum Gasteiger partial charge on any atom is 0.261 e. The molecule has 262 valence electrons. The highest BCUT2D eigenvalue weighted by Gasteiger charge is 2.17. The molecule has 8 nitrogen and oxygen atoms in total. The highest BCUT2D eigenvalue weighted by Crippen LogP contribution is 2.45. The number of nitrogens with zero attached hydrogens (tertiary/aromatic N) is 2. The van der Waals surface area contributed by atoms with E-state index in [0.717, 1.165) is 20.9 Å². The largest absolute Gasteiger partial charge is 0.279 e. The van der Waals surface area contributed by atoms with Crippen molar-refractivity contribution < 1.29 is 16.8 Å². The Hall–Kier alpha value is -5.14. The lowest BCUT2D eigenvalue weighted by atomic mass is 10.2. The minimum atomic E-state index is -3.79. The molecule has 0 unspecified atom stereocenters. The molecule has 0 spiro atoms. The van der Waals surface area contributed by atoms with Crippen LogP contribution in [0.3, 0.4) is 0 Å². The summed E-state index contributed by atoms with van der Waals surface area (Å²) in [5.41, 5.74) is 5.45. The molecule has 0 aliphatic heterocycles. The molecule has 12 heteroatoms. The average Bonchev–Trinajstić information content (AvgIpc) is 3.14. The van der Waals surface area contributed by atoms with Gasteiger partial charge in [-0.2, -0.15) is 0 Å². The summed E-state index contributed by atoms with van der Waals surface area (Å²) < 4.78 is 57.8. The zero-order valence-electron chi connectivity index (χ0n) is 28.2. The topological polar surface area (TPSA) is 117 Å². The first-order chi connectivity index (χ1) is 25.1. The van der Waals surface area contributed by atoms with E-state index in [2.05, 4.69) is 9.44 Å². The van der Waals surface area contributed by atoms with Crippen LogP contribution in [-0.4, -0.2) is 29.3 Å². The second kappa shape index (κ2) is 16.5. The molecule has 6 rings (SSSR count). The fourth-order valence-corrected chi connectivity index (χ4v) is 9.30. The van der Waals surface area contributed by atoms with E-state index >= 15 is 0 Å². The zero-order valence-corrected chi connectivity index (χ0v) is 31.4. The lowest BCUT2D eigenvalue weighted by Gasteiger charge is -2.11. The molecule has 0 radical (unpaired) electrons. The molecule has 0 aliphatic rings. The molecule has 6 aromatic carbocycles. The number of rotatable bonds is 13. The predicted octanol–water partition coefficient (Wildman–Crippen LogP) is 10.2. The van der Waals surface area contributed by atoms with E-state index in [9.17, 15) is 16.8 Å². The van der Waals surface area contributed by atoms with E-state index in [0.29, 0.717) is 33.9 Å². The molecule has 52 heavy (non-hydrogen) atoms. The number of nitrogens with one attached hydrogen (secondary N) is 2. The molecule has 0 fully saturated rings. The Morgan fingerprint density at radius 2 is 0.808 bits per heavy atom. The summed E-state index contributed by atoms with van der Waals surface area (Å²) in [5.74, 6) is 0. The van der Waals surface area contributed by atoms with Crippen molar-refractivity contribution in [1.82, 2.24) is 0 Å². The quantitative estimate of drug-likeness (QED) is 0.0894. The average molecular weight is 763 g/mol. The van der Waals surface area contributed by atoms with Crippen molar-refractivity contribution in [2.45, 2.75) is 33.4 Å². The number of benzene rings is 6. The van der Waals surface area contributed by atoms with Crippen LogP contribution in [0.25, 0.3) is 0 Å². The third kappa shape index (κ3) is 9.39. The molecule has 2 N–H and O–H groups in total. The number of aryl methyl sites for hydroxylation is 2. The monoisotopic (exact) mass is 762 g/mol. The molecule has 0 aliphatic carbocycles. The number of hydrogen-bond acceptors (Lipinski definition) is 8. The van der Waals surface area contributed by atoms with Gasteiger partial charge in [0.1, 0.15) is 0 Å². The molecule has 0 aromatic heterocycles. The lowest BCUT2D eigenvalue weighted by Crippen LogP contribution is -2.14. The van der Waals surface area contributed by atoms with Gasteiger partial charge in [0.05, 0.1) is 32.5 Å². The van der Waals surface area contributed by atoms with Crippen molar-refractivity contribution >= 4 is 76.8 Å². The molecule has 0 saturated heterocycles. The molecule has 0 amide bonds. The Bertz CT molecular complexity index is 2290. The van der Waals surface area contributed by atoms with Crippen molar-refractivity contribution in [3.05, 3.63) is 168 Å². The summed E-state index contributed by atoms with van der Waals surface area (Å²) in [6.45, 7) is 3.81. The first kappa shape index (κ1) is 36.6. The summed E-state index contributed by atoms with van der Waals surface area (Å²) in [5, 5.41) is 0. The number of sulfonamides is 2. The number of hydrogen-bond donors (Lipinski definition) is 2. The van der Waals surface area contributed by atoms with Gasteiger partial charge < -0.3 is 0 Å². The van der Waals surface area contributed by atoms with E-state index in [1.54, 1.807) is 97.4 Å². The van der Waals surface area contributed by atoms with E-state index < -0.39 is 20.0 Å². The van der Waals surface area contributed by atoms with Crippen molar-refractivity contribution in [3.8, 4) is 0 Å². The van der Waals surface area contributed by atoms with Crippen LogP contribution in [0.15, 0.2) is 175 Å². The second-order valence-corrected chi connectivity index (χ2v) is 17.2. The molecule has 0 bridgehead atoms. The van der Waals surface area contributed by atoms with Gasteiger partial charge in [0.15, 0.2) is 0 Å². The number of anilines is 2. The standard InChI is InChI=1S/C40H34N4O4S4/c1-29-19-23-33(24-20-29)51(45,46)43-35-13-5-3-11-31(35)27-41-37-15-7-9-17-39(37)49-50-40-18-10-8-16-38(40)42-28-32-12-4-6-14-36(32)44-52(47,48)34-25-21-30(2)22-26-34/h3-28,43-44H,1-2H3. The normalized spacial score (nSPS) is 12.0. The fraction of sp³-hybridized carbons (Fsp3) is 0.0500. The zero-order chi connectivity index (χ0) is 36.6. The molecular weight excluding hydrogens is 729 g/mol. The Balaban J connectivity index is 1.17. The van der Waals surface area contributed by atoms with Gasteiger partial charge in [-0.25, -0.2) is 16.8 Å². The second-order valence-electron chi connectivity index (χ2n) is 11.6. The third-order valence-corrected chi connectivity index (χ3v) is 12.9. The van der Waals surface area contributed by atoms with Crippen molar-refractivity contribution in [3.63, 3.8) is 0 Å². The number of para-hydroxylation sites is 4. The maximum absolute atomic E-state index is 13.1. The Morgan fingerprint density at radius 1 is 0.462 bits per heavy atom. The van der Waals surface area contributed by atoms with Crippen molar-refractivity contribution in [2.75, 3.05) is 9.44 Å². The van der Waals surface area contributed by atoms with Gasteiger partial charge in [0, 0.05) is 33.3 Å². The predicted molar refractivity (Wildman–Crippen MR) is 216 cm³/mol. The molecule has 6 aromatic rings. The summed E-state index contributed by atoms with van der Waals surface area (Å²) in [4.78, 5) is 11.7. The highest BCUT2D eigenvalue weighted by molar-refractivity contribution is 8.76. The third-order valence-electron chi connectivity index (χ3n) is 7.71. The van der Waals surface area contributed by atoms with E-state index in [1.165, 1.54) is 21.6 Å². The van der Waals surface area contributed by atoms with Gasteiger partial charge in [0.25, 0.3) is 20.0 Å². The lowest BCUT2D eigenvalue weighted by molar-refractivity contribution is 0.599. The minimum Gasteiger partial charge on any atom is -0.279 e. The first-order valence-corrected chi connectivity index (χ1v) is 21.2. The fourth-order valence-electron chi connectivity index (χ4n) is 4.88. The van der Waals surface area contributed by atoms with Crippen LogP contribution < -0.4 is 9.44 Å². The Kier molecular flexibility index (Phi) is 11.6. The summed E-state index contributed by atoms with van der Waals surface area (Å²) >= 11 is 0. The Labute approximate surface area is 312 Å². The summed E-state index contributed by atoms with van der Waals surface area (Å²) in [6, 6.07) is 43.0. The first-order valence-electron chi connectivity index (χ1n) is 16.1. The molecule has 0 heterocycles. The number of aliphatic imine (C=N–C) groups is 2. The van der Waals surface area contributed by atoms with Gasteiger partial charge in [-0.15, -0.1) is 0 Å². The maximum atomic E-state index is 13.1. The van der Waals surface area contributed by atoms with Gasteiger partial charge in [-0.1, -0.05) is 118 Å². The van der Waals surface area contributed by atoms with Crippen LogP contribution in [0.2, 0.25) is 0 Å². The van der Waals surface area contributed by atoms with Crippen LogP contribution in [-0.2, 0) is 20.0 Å². The van der Waals surface area contributed by atoms with E-state index in [4.69, 9.17) is 9.98 Å². The van der Waals surface area contributed by atoms with Gasteiger partial charge in [-0.05, 0) is 74.5 Å². The molecule has 0 saturated carbocycles. The van der Waals surface area contributed by atoms with E-state index in [1.807, 2.05) is 74.5 Å². The van der Waals surface area contributed by atoms with Gasteiger partial charge in [0.2, 0.25) is 0 Å². The van der Waals surface area contributed by atoms with Crippen LogP contribution >= 0.6 is 21.6 Å². The summed E-state index contributed by atoms with van der Waals surface area (Å²) in [7, 11) is -4.55. The van der Waals surface area contributed by atoms with Gasteiger partial charge >= 0.3 is 0 Å². The van der Waals surface area contributed by atoms with E-state index in [-0.39, 0.29) is 9.79 Å². The SMILES string of the molecule is Cc1ccc(S(=O)(=O)Nc2ccccc2C=Nc2ccccc2SSc2ccccc2N=Cc2ccccc2NS(=O)(=O)c2ccc(C)cc2)cc1. The van der Waals surface area contributed by atoms with Crippen LogP contribution in [0.1, 0.15) is 22.3 Å². The minimum absolute atomic E-state index is 0.181. The van der Waals surface area contributed by atoms with Crippen molar-refractivity contribution in [2.24, 2.45) is 9.98 Å². The molecular formula is C40H34N4O4S4. The molecule has 0 atom stereocenters. The van der Waals surface area contributed by atoms with Crippen LogP contribution in [0, 0.1) is 13.8 Å².